The minimum absolute atomic E-state index is 0. The normalized spacial score (nSPS) is 9.94. The van der Waals surface area contributed by atoms with Crippen LogP contribution in [0.25, 0.3) is 43.4 Å². The fraction of sp³-hybridized carbons (Fsp3) is 0.125. The largest absolute Gasteiger partial charge is 0.150 e. The molecule has 0 saturated carbocycles. The van der Waals surface area contributed by atoms with Crippen molar-refractivity contribution >= 4 is 62.6 Å². The Balaban J connectivity index is 0.000000211. The third-order valence-electron chi connectivity index (χ3n) is 5.78. The van der Waals surface area contributed by atoms with E-state index >= 15 is 0 Å². The molecule has 0 heterocycles. The van der Waals surface area contributed by atoms with Gasteiger partial charge in [0.05, 0.1) is 0 Å². The molecule has 0 unspecified atom stereocenters. The van der Waals surface area contributed by atoms with Crippen LogP contribution < -0.4 is 0 Å². The summed E-state index contributed by atoms with van der Waals surface area (Å²) < 4.78 is 0. The molecule has 0 radical (unpaired) electrons. The molecule has 182 valence electrons. The molecule has 0 aromatic heterocycles. The molecule has 0 bridgehead atoms. The van der Waals surface area contributed by atoms with Crippen LogP contribution in [0, 0.1) is 13.8 Å². The summed E-state index contributed by atoms with van der Waals surface area (Å²) in [5.74, 6) is 0. The summed E-state index contributed by atoms with van der Waals surface area (Å²) in [7, 11) is 0. The van der Waals surface area contributed by atoms with E-state index in [1.165, 1.54) is 54.6 Å². The third kappa shape index (κ3) is 7.53. The van der Waals surface area contributed by atoms with Crippen molar-refractivity contribution in [2.75, 3.05) is 0 Å². The van der Waals surface area contributed by atoms with Crippen molar-refractivity contribution in [2.24, 2.45) is 0 Å². The van der Waals surface area contributed by atoms with Crippen LogP contribution in [-0.2, 0) is 23.3 Å². The molecule has 0 atom stereocenters. The minimum Gasteiger partial charge on any atom is -0.150 e. The predicted octanol–water partition coefficient (Wildman–Crippen LogP) is 10.2. The number of benzene rings is 4. The minimum atomic E-state index is 0. The Hall–Kier alpha value is -1.96. The summed E-state index contributed by atoms with van der Waals surface area (Å²) in [6.07, 6.45) is 0. The van der Waals surface area contributed by atoms with Crippen molar-refractivity contribution in [3.63, 3.8) is 0 Å². The van der Waals surface area contributed by atoms with Crippen LogP contribution in [0.1, 0.15) is 11.1 Å². The van der Waals surface area contributed by atoms with Crippen LogP contribution in [0.3, 0.4) is 0 Å². The summed E-state index contributed by atoms with van der Waals surface area (Å²) >= 11 is 1.74. The summed E-state index contributed by atoms with van der Waals surface area (Å²) in [5.41, 5.74) is 5.48. The maximum atomic E-state index is 2.31. The average Bonchev–Trinajstić information content (AvgIpc) is 3.40. The maximum Gasteiger partial charge on any atom is -0.0469 e. The van der Waals surface area contributed by atoms with E-state index in [2.05, 4.69) is 136 Å². The van der Waals surface area contributed by atoms with Gasteiger partial charge in [-0.15, -0.1) is 111 Å². The second-order valence-corrected chi connectivity index (χ2v) is 18.4. The number of hydrogen-bond acceptors (Lipinski definition) is 0. The molecule has 0 spiro atoms. The zero-order chi connectivity index (χ0) is 24.1. The first kappa shape index (κ1) is 30.3. The van der Waals surface area contributed by atoms with Crippen LogP contribution in [0.5, 0.6) is 0 Å². The number of hydrogen-bond donors (Lipinski definition) is 0. The second-order valence-electron chi connectivity index (χ2n) is 9.03. The Bertz CT molecular complexity index is 1500. The summed E-state index contributed by atoms with van der Waals surface area (Å²) in [6.45, 7) is 8.90. The smallest absolute Gasteiger partial charge is 0.0469 e. The van der Waals surface area contributed by atoms with Gasteiger partial charge in [-0.05, 0) is 13.8 Å². The summed E-state index contributed by atoms with van der Waals surface area (Å²) in [5, 5.41) is 8.11. The first-order valence-electron chi connectivity index (χ1n) is 11.7. The molecule has 6 aromatic carbocycles. The van der Waals surface area contributed by atoms with E-state index in [1.54, 1.807) is 23.3 Å². The molecule has 6 aromatic rings. The molecule has 0 saturated heterocycles. The van der Waals surface area contributed by atoms with Crippen molar-refractivity contribution in [2.45, 2.75) is 26.9 Å². The van der Waals surface area contributed by atoms with E-state index in [-0.39, 0.29) is 30.2 Å². The molecule has 6 rings (SSSR count). The zero-order valence-electron chi connectivity index (χ0n) is 21.2. The molecular formula is C32H32Cl2SiZr. The van der Waals surface area contributed by atoms with Gasteiger partial charge in [0.1, 0.15) is 0 Å². The molecule has 0 N–H and O–H groups in total. The molecule has 0 fully saturated rings. The van der Waals surface area contributed by atoms with Gasteiger partial charge >= 0.3 is 41.9 Å². The van der Waals surface area contributed by atoms with Crippen LogP contribution in [0.15, 0.2) is 109 Å². The predicted molar refractivity (Wildman–Crippen MR) is 163 cm³/mol. The first-order valence-corrected chi connectivity index (χ1v) is 17.9. The fourth-order valence-corrected chi connectivity index (χ4v) is 4.28. The van der Waals surface area contributed by atoms with Gasteiger partial charge in [0.25, 0.3) is 0 Å². The van der Waals surface area contributed by atoms with Gasteiger partial charge in [-0.3, -0.25) is 0 Å². The Morgan fingerprint density at radius 3 is 1.67 bits per heavy atom. The molecule has 4 heteroatoms. The van der Waals surface area contributed by atoms with E-state index in [4.69, 9.17) is 0 Å². The summed E-state index contributed by atoms with van der Waals surface area (Å²) in [4.78, 5) is 0. The quantitative estimate of drug-likeness (QED) is 0.129. The molecular weight excluding hydrogens is 575 g/mol. The van der Waals surface area contributed by atoms with E-state index < -0.39 is 0 Å². The fourth-order valence-electron chi connectivity index (χ4n) is 4.28. The van der Waals surface area contributed by atoms with E-state index in [0.29, 0.717) is 0 Å². The molecule has 0 aliphatic heterocycles. The van der Waals surface area contributed by atoms with Crippen LogP contribution in [-0.4, -0.2) is 5.43 Å². The van der Waals surface area contributed by atoms with E-state index in [9.17, 15) is 0 Å². The topological polar surface area (TPSA) is 0 Å². The first-order chi connectivity index (χ1) is 16.4. The number of halogens is 2. The number of fused-ring (bicyclic) bond motifs is 4. The van der Waals surface area contributed by atoms with Crippen molar-refractivity contribution in [1.82, 2.24) is 0 Å². The molecule has 0 aliphatic carbocycles. The number of rotatable bonds is 1. The second kappa shape index (κ2) is 14.1. The Morgan fingerprint density at radius 1 is 0.611 bits per heavy atom. The zero-order valence-corrected chi connectivity index (χ0v) is 26.3. The van der Waals surface area contributed by atoms with Gasteiger partial charge < -0.3 is 0 Å². The average molecular weight is 607 g/mol. The van der Waals surface area contributed by atoms with Crippen LogP contribution >= 0.6 is 24.8 Å². The van der Waals surface area contributed by atoms with Gasteiger partial charge in [-0.1, -0.05) is 77.4 Å². The molecule has 0 aliphatic rings. The molecule has 36 heavy (non-hydrogen) atoms. The van der Waals surface area contributed by atoms with Gasteiger partial charge in [0.2, 0.25) is 0 Å². The van der Waals surface area contributed by atoms with Gasteiger partial charge in [-0.25, -0.2) is 0 Å². The van der Waals surface area contributed by atoms with Gasteiger partial charge in [-0.2, -0.15) is 0 Å². The number of aryl methyl sites for hydroxylation is 2. The Kier molecular flexibility index (Phi) is 11.9. The van der Waals surface area contributed by atoms with Crippen molar-refractivity contribution in [3.05, 3.63) is 120 Å². The maximum absolute atomic E-state index is 2.31. The van der Waals surface area contributed by atoms with Crippen LogP contribution in [0.4, 0.5) is 0 Å². The SMILES string of the molecule is C[Si](C)=[Zr+2].Cc1ccc2c(c1)[cH-]c1cc(C)ccc12.Cl.Cl.c1ccc(-c2c[cH-]c3ccccc23)cc1. The monoisotopic (exact) mass is 604 g/mol. The van der Waals surface area contributed by atoms with Crippen molar-refractivity contribution in [3.8, 4) is 11.1 Å². The van der Waals surface area contributed by atoms with Gasteiger partial charge in [0, 0.05) is 0 Å². The van der Waals surface area contributed by atoms with Gasteiger partial charge in [0.15, 0.2) is 0 Å². The summed E-state index contributed by atoms with van der Waals surface area (Å²) in [6, 6.07) is 39.0. The van der Waals surface area contributed by atoms with Crippen molar-refractivity contribution in [1.29, 1.82) is 0 Å². The standard InChI is InChI=1S/C15H13.C15H11.C2H6Si.2ClH.Zr/c1-10-3-5-14-12(7-10)9-13-8-11(2)4-6-15(13)14;1-2-6-12(7-3-1)15-11-10-13-8-4-5-9-14(13)15;1-3-2;;;/h3-9H,1-2H3;1-11H;1-2H3;2*1H;/q2*-1;;;;+2. The molecule has 0 amide bonds. The molecule has 0 nitrogen and oxygen atoms in total. The van der Waals surface area contributed by atoms with Crippen LogP contribution in [0.2, 0.25) is 13.1 Å². The Morgan fingerprint density at radius 2 is 1.11 bits per heavy atom. The third-order valence-corrected chi connectivity index (χ3v) is 5.78. The van der Waals surface area contributed by atoms with Crippen molar-refractivity contribution < 1.29 is 23.3 Å². The van der Waals surface area contributed by atoms with E-state index in [0.717, 1.165) is 0 Å². The van der Waals surface area contributed by atoms with E-state index in [1.807, 2.05) is 0 Å². The Labute approximate surface area is 242 Å².